The number of halogens is 6. The van der Waals surface area contributed by atoms with Crippen LogP contribution in [0.15, 0.2) is 4.90 Å². The molecule has 0 spiro atoms. The third-order valence-electron chi connectivity index (χ3n) is 2.50. The molecule has 1 rings (SSSR count). The van der Waals surface area contributed by atoms with E-state index in [2.05, 4.69) is 0 Å². The maximum atomic E-state index is 13.4. The van der Waals surface area contributed by atoms with Crippen LogP contribution in [0.1, 0.15) is 13.3 Å². The minimum Gasteiger partial charge on any atom is -0.223 e. The van der Waals surface area contributed by atoms with Crippen LogP contribution in [-0.2, 0) is 9.84 Å². The maximum Gasteiger partial charge on any atom is 0.200 e. The van der Waals surface area contributed by atoms with E-state index < -0.39 is 49.1 Å². The van der Waals surface area contributed by atoms with Crippen LogP contribution in [-0.4, -0.2) is 19.5 Å². The van der Waals surface area contributed by atoms with Gasteiger partial charge in [-0.2, -0.15) is 0 Å². The van der Waals surface area contributed by atoms with Crippen molar-refractivity contribution >= 4 is 21.4 Å². The largest absolute Gasteiger partial charge is 0.223 e. The molecule has 0 saturated heterocycles. The van der Waals surface area contributed by atoms with Crippen molar-refractivity contribution in [1.29, 1.82) is 0 Å². The maximum absolute atomic E-state index is 13.4. The zero-order chi connectivity index (χ0) is 15.0. The van der Waals surface area contributed by atoms with E-state index in [4.69, 9.17) is 11.6 Å². The molecule has 0 aliphatic carbocycles. The molecule has 0 N–H and O–H groups in total. The van der Waals surface area contributed by atoms with E-state index in [9.17, 15) is 30.4 Å². The summed E-state index contributed by atoms with van der Waals surface area (Å²) in [5, 5.41) is -1.38. The number of rotatable bonds is 4. The Kier molecular flexibility index (Phi) is 4.78. The predicted octanol–water partition coefficient (Wildman–Crippen LogP) is 3.17. The number of hydrogen-bond donors (Lipinski definition) is 0. The number of hydrogen-bond acceptors (Lipinski definition) is 2. The molecule has 1 unspecified atom stereocenters. The van der Waals surface area contributed by atoms with Crippen LogP contribution >= 0.6 is 11.6 Å². The van der Waals surface area contributed by atoms with Gasteiger partial charge in [-0.3, -0.25) is 0 Å². The van der Waals surface area contributed by atoms with Gasteiger partial charge in [0.15, 0.2) is 33.1 Å². The molecule has 0 bridgehead atoms. The highest BCUT2D eigenvalue weighted by Gasteiger charge is 2.36. The normalized spacial score (nSPS) is 13.6. The molecule has 0 radical (unpaired) electrons. The summed E-state index contributed by atoms with van der Waals surface area (Å²) in [4.78, 5) is -1.82. The molecule has 0 aliphatic rings. The molecule has 0 aliphatic heterocycles. The van der Waals surface area contributed by atoms with E-state index in [1.165, 1.54) is 0 Å². The van der Waals surface area contributed by atoms with Gasteiger partial charge in [-0.15, -0.1) is 11.6 Å². The van der Waals surface area contributed by atoms with Crippen LogP contribution in [0.25, 0.3) is 0 Å². The zero-order valence-corrected chi connectivity index (χ0v) is 11.1. The van der Waals surface area contributed by atoms with E-state index in [-0.39, 0.29) is 12.3 Å². The Hall–Kier alpha value is -0.890. The lowest BCUT2D eigenvalue weighted by atomic mass is 10.3. The first-order chi connectivity index (χ1) is 8.66. The fraction of sp³-hybridized carbons (Fsp3) is 0.400. The molecule has 1 aromatic rings. The van der Waals surface area contributed by atoms with Crippen LogP contribution in [0.4, 0.5) is 22.0 Å². The third kappa shape index (κ3) is 2.69. The Morgan fingerprint density at radius 3 is 1.68 bits per heavy atom. The second-order valence-electron chi connectivity index (χ2n) is 3.73. The van der Waals surface area contributed by atoms with Gasteiger partial charge in [0, 0.05) is 5.88 Å². The first kappa shape index (κ1) is 16.2. The molecule has 2 nitrogen and oxygen atoms in total. The van der Waals surface area contributed by atoms with Crippen LogP contribution in [0, 0.1) is 29.1 Å². The summed E-state index contributed by atoms with van der Waals surface area (Å²) >= 11 is 5.30. The van der Waals surface area contributed by atoms with Gasteiger partial charge < -0.3 is 0 Å². The Morgan fingerprint density at radius 1 is 0.947 bits per heavy atom. The van der Waals surface area contributed by atoms with Crippen LogP contribution in [0.3, 0.4) is 0 Å². The van der Waals surface area contributed by atoms with Gasteiger partial charge in [0.25, 0.3) is 0 Å². The summed E-state index contributed by atoms with van der Waals surface area (Å²) < 4.78 is 89.0. The van der Waals surface area contributed by atoms with E-state index in [0.29, 0.717) is 0 Å². The van der Waals surface area contributed by atoms with Crippen molar-refractivity contribution < 1.29 is 30.4 Å². The topological polar surface area (TPSA) is 34.1 Å². The molecular formula is C10H8ClF5O2S. The second-order valence-corrected chi connectivity index (χ2v) is 6.41. The Morgan fingerprint density at radius 2 is 1.32 bits per heavy atom. The third-order valence-corrected chi connectivity index (χ3v) is 4.94. The Balaban J connectivity index is 3.61. The fourth-order valence-corrected chi connectivity index (χ4v) is 3.31. The Labute approximate surface area is 111 Å². The Bertz CT molecular complexity index is 573. The quantitative estimate of drug-likeness (QED) is 0.280. The number of sulfone groups is 1. The van der Waals surface area contributed by atoms with Gasteiger partial charge in [-0.25, -0.2) is 30.4 Å². The molecule has 0 heterocycles. The molecule has 9 heteroatoms. The SMILES string of the molecule is CC(CCCl)S(=O)(=O)c1c(F)c(F)c(F)c(F)c1F. The lowest BCUT2D eigenvalue weighted by Gasteiger charge is -2.14. The van der Waals surface area contributed by atoms with Crippen molar-refractivity contribution in [3.63, 3.8) is 0 Å². The summed E-state index contributed by atoms with van der Waals surface area (Å²) in [5.41, 5.74) is 0. The van der Waals surface area contributed by atoms with Crippen LogP contribution in [0.2, 0.25) is 0 Å². The van der Waals surface area contributed by atoms with Gasteiger partial charge in [-0.1, -0.05) is 0 Å². The highest BCUT2D eigenvalue weighted by Crippen LogP contribution is 2.29. The first-order valence-electron chi connectivity index (χ1n) is 4.97. The molecule has 108 valence electrons. The minimum absolute atomic E-state index is 0.143. The van der Waals surface area contributed by atoms with Crippen LogP contribution in [0.5, 0.6) is 0 Å². The summed E-state index contributed by atoms with van der Waals surface area (Å²) in [6, 6.07) is 0. The first-order valence-corrected chi connectivity index (χ1v) is 7.05. The molecular weight excluding hydrogens is 315 g/mol. The van der Waals surface area contributed by atoms with Crippen molar-refractivity contribution in [2.24, 2.45) is 0 Å². The van der Waals surface area contributed by atoms with E-state index in [0.717, 1.165) is 6.92 Å². The fourth-order valence-electron chi connectivity index (χ4n) is 1.34. The highest BCUT2D eigenvalue weighted by molar-refractivity contribution is 7.92. The van der Waals surface area contributed by atoms with Gasteiger partial charge in [-0.05, 0) is 13.3 Å². The minimum atomic E-state index is -4.71. The lowest BCUT2D eigenvalue weighted by molar-refractivity contribution is 0.357. The van der Waals surface area contributed by atoms with Crippen molar-refractivity contribution in [3.05, 3.63) is 29.1 Å². The molecule has 0 aromatic heterocycles. The van der Waals surface area contributed by atoms with Crippen LogP contribution < -0.4 is 0 Å². The summed E-state index contributed by atoms with van der Waals surface area (Å²) in [6.45, 7) is 1.07. The van der Waals surface area contributed by atoms with E-state index in [1.807, 2.05) is 0 Å². The lowest BCUT2D eigenvalue weighted by Crippen LogP contribution is -2.23. The predicted molar refractivity (Wildman–Crippen MR) is 58.2 cm³/mol. The monoisotopic (exact) mass is 322 g/mol. The summed E-state index contributed by atoms with van der Waals surface area (Å²) in [7, 11) is -4.71. The average Bonchev–Trinajstić information content (AvgIpc) is 2.34. The van der Waals surface area contributed by atoms with Gasteiger partial charge in [0.1, 0.15) is 4.90 Å². The second kappa shape index (κ2) is 5.62. The van der Waals surface area contributed by atoms with Crippen molar-refractivity contribution in [2.75, 3.05) is 5.88 Å². The number of alkyl halides is 1. The molecule has 0 saturated carbocycles. The smallest absolute Gasteiger partial charge is 0.200 e. The van der Waals surface area contributed by atoms with Gasteiger partial charge >= 0.3 is 0 Å². The zero-order valence-electron chi connectivity index (χ0n) is 9.48. The van der Waals surface area contributed by atoms with Crippen molar-refractivity contribution in [3.8, 4) is 0 Å². The standard InChI is InChI=1S/C10H8ClF5O2S/c1-4(2-3-11)19(17,18)10-8(15)6(13)5(12)7(14)9(10)16/h4H,2-3H2,1H3. The molecule has 1 aromatic carbocycles. The molecule has 1 atom stereocenters. The summed E-state index contributed by atoms with van der Waals surface area (Å²) in [6.07, 6.45) is -0.191. The average molecular weight is 323 g/mol. The number of benzene rings is 1. The van der Waals surface area contributed by atoms with Crippen molar-refractivity contribution in [1.82, 2.24) is 0 Å². The van der Waals surface area contributed by atoms with Gasteiger partial charge in [0.05, 0.1) is 5.25 Å². The highest BCUT2D eigenvalue weighted by atomic mass is 35.5. The van der Waals surface area contributed by atoms with Gasteiger partial charge in [0.2, 0.25) is 5.82 Å². The summed E-state index contributed by atoms with van der Waals surface area (Å²) in [5.74, 6) is -11.9. The van der Waals surface area contributed by atoms with E-state index in [1.54, 1.807) is 0 Å². The van der Waals surface area contributed by atoms with Crippen molar-refractivity contribution in [2.45, 2.75) is 23.5 Å². The molecule has 19 heavy (non-hydrogen) atoms. The molecule has 0 fully saturated rings. The molecule has 0 amide bonds. The van der Waals surface area contributed by atoms with E-state index >= 15 is 0 Å².